The van der Waals surface area contributed by atoms with Crippen LogP contribution in [0.4, 0.5) is 0 Å². The molecule has 1 radical (unpaired) electrons. The fraction of sp³-hybridized carbons (Fsp3) is 0.400. The van der Waals surface area contributed by atoms with Crippen molar-refractivity contribution in [1.29, 1.82) is 0 Å². The standard InChI is InChI=1S/C10H14NO/c1-8-3-4-10(9(2)7-8)12-6-5-11/h3-4,7,11H,5-6H2,1-2H3. The van der Waals surface area contributed by atoms with Crippen molar-refractivity contribution in [3.8, 4) is 5.75 Å². The molecule has 0 saturated carbocycles. The van der Waals surface area contributed by atoms with E-state index in [2.05, 4.69) is 13.0 Å². The quantitative estimate of drug-likeness (QED) is 0.672. The molecule has 0 heterocycles. The van der Waals surface area contributed by atoms with Gasteiger partial charge in [-0.3, -0.25) is 5.73 Å². The van der Waals surface area contributed by atoms with E-state index in [1.54, 1.807) is 0 Å². The number of rotatable bonds is 3. The third kappa shape index (κ3) is 2.24. The highest BCUT2D eigenvalue weighted by molar-refractivity contribution is 5.35. The Labute approximate surface area is 73.3 Å². The minimum atomic E-state index is 0.313. The molecule has 0 aromatic heterocycles. The van der Waals surface area contributed by atoms with Crippen LogP contribution in [0.3, 0.4) is 0 Å². The number of nitrogens with one attached hydrogen (secondary N) is 1. The van der Waals surface area contributed by atoms with Crippen LogP contribution in [0.1, 0.15) is 11.1 Å². The largest absolute Gasteiger partial charge is 0.492 e. The van der Waals surface area contributed by atoms with E-state index in [1.165, 1.54) is 5.56 Å². The zero-order chi connectivity index (χ0) is 8.97. The van der Waals surface area contributed by atoms with Crippen molar-refractivity contribution in [3.05, 3.63) is 29.3 Å². The first-order valence-electron chi connectivity index (χ1n) is 4.08. The number of ether oxygens (including phenoxy) is 1. The van der Waals surface area contributed by atoms with Crippen LogP contribution in [0.25, 0.3) is 0 Å². The lowest BCUT2D eigenvalue weighted by Crippen LogP contribution is -2.03. The first-order valence-corrected chi connectivity index (χ1v) is 4.08. The molecule has 0 aliphatic heterocycles. The lowest BCUT2D eigenvalue weighted by Gasteiger charge is -2.07. The topological polar surface area (TPSA) is 33.0 Å². The van der Waals surface area contributed by atoms with Crippen LogP contribution in [0, 0.1) is 13.8 Å². The summed E-state index contributed by atoms with van der Waals surface area (Å²) in [5, 5.41) is 0. The van der Waals surface area contributed by atoms with Crippen molar-refractivity contribution in [3.63, 3.8) is 0 Å². The molecule has 12 heavy (non-hydrogen) atoms. The van der Waals surface area contributed by atoms with Gasteiger partial charge in [0.2, 0.25) is 0 Å². The van der Waals surface area contributed by atoms with Gasteiger partial charge >= 0.3 is 0 Å². The summed E-state index contributed by atoms with van der Waals surface area (Å²) in [5.41, 5.74) is 9.32. The molecule has 0 fully saturated rings. The second kappa shape index (κ2) is 4.12. The van der Waals surface area contributed by atoms with Gasteiger partial charge in [-0.05, 0) is 25.5 Å². The van der Waals surface area contributed by atoms with Gasteiger partial charge in [-0.1, -0.05) is 17.7 Å². The normalized spacial score (nSPS) is 9.92. The third-order valence-corrected chi connectivity index (χ3v) is 1.69. The van der Waals surface area contributed by atoms with E-state index in [1.807, 2.05) is 19.1 Å². The zero-order valence-corrected chi connectivity index (χ0v) is 7.55. The van der Waals surface area contributed by atoms with Crippen LogP contribution in [0.2, 0.25) is 0 Å². The summed E-state index contributed by atoms with van der Waals surface area (Å²) in [7, 11) is 0. The Morgan fingerprint density at radius 2 is 2.08 bits per heavy atom. The van der Waals surface area contributed by atoms with E-state index in [4.69, 9.17) is 10.5 Å². The molecule has 0 aliphatic carbocycles. The van der Waals surface area contributed by atoms with E-state index in [0.29, 0.717) is 13.2 Å². The average Bonchev–Trinajstić information content (AvgIpc) is 2.03. The van der Waals surface area contributed by atoms with Gasteiger partial charge in [0, 0.05) is 6.54 Å². The molecule has 0 aliphatic rings. The maximum Gasteiger partial charge on any atom is 0.122 e. The Morgan fingerprint density at radius 3 is 2.67 bits per heavy atom. The molecule has 1 aromatic carbocycles. The Hall–Kier alpha value is -1.02. The van der Waals surface area contributed by atoms with Gasteiger partial charge in [0.1, 0.15) is 12.4 Å². The lowest BCUT2D eigenvalue weighted by molar-refractivity contribution is 0.324. The van der Waals surface area contributed by atoms with Gasteiger partial charge in [0.05, 0.1) is 0 Å². The van der Waals surface area contributed by atoms with Crippen molar-refractivity contribution in [2.75, 3.05) is 13.2 Å². The minimum Gasteiger partial charge on any atom is -0.492 e. The maximum atomic E-state index is 6.94. The summed E-state index contributed by atoms with van der Waals surface area (Å²) < 4.78 is 5.35. The van der Waals surface area contributed by atoms with Gasteiger partial charge < -0.3 is 4.74 Å². The Morgan fingerprint density at radius 1 is 1.33 bits per heavy atom. The first-order chi connectivity index (χ1) is 5.74. The van der Waals surface area contributed by atoms with Crippen molar-refractivity contribution < 1.29 is 4.74 Å². The SMILES string of the molecule is Cc1ccc(OCC[NH])c(C)c1. The van der Waals surface area contributed by atoms with Crippen LogP contribution in [-0.4, -0.2) is 13.2 Å². The summed E-state index contributed by atoms with van der Waals surface area (Å²) in [5.74, 6) is 0.896. The summed E-state index contributed by atoms with van der Waals surface area (Å²) in [4.78, 5) is 0. The fourth-order valence-electron chi connectivity index (χ4n) is 1.12. The smallest absolute Gasteiger partial charge is 0.122 e. The Bertz CT molecular complexity index is 258. The molecule has 0 saturated heterocycles. The van der Waals surface area contributed by atoms with Crippen LogP contribution >= 0.6 is 0 Å². The van der Waals surface area contributed by atoms with Gasteiger partial charge in [-0.2, -0.15) is 0 Å². The van der Waals surface area contributed by atoms with E-state index in [-0.39, 0.29) is 0 Å². The molecular weight excluding hydrogens is 150 g/mol. The molecule has 0 bridgehead atoms. The van der Waals surface area contributed by atoms with Crippen LogP contribution in [-0.2, 0) is 0 Å². The zero-order valence-electron chi connectivity index (χ0n) is 7.55. The molecule has 0 atom stereocenters. The first kappa shape index (κ1) is 9.07. The van der Waals surface area contributed by atoms with Crippen molar-refractivity contribution in [1.82, 2.24) is 5.73 Å². The number of hydrogen-bond donors (Lipinski definition) is 0. The van der Waals surface area contributed by atoms with E-state index < -0.39 is 0 Å². The fourth-order valence-corrected chi connectivity index (χ4v) is 1.12. The summed E-state index contributed by atoms with van der Waals surface area (Å²) >= 11 is 0. The molecule has 1 rings (SSSR count). The molecule has 0 amide bonds. The average molecular weight is 164 g/mol. The van der Waals surface area contributed by atoms with Gasteiger partial charge in [0.15, 0.2) is 0 Å². The molecule has 2 heteroatoms. The molecule has 0 spiro atoms. The Kier molecular flexibility index (Phi) is 3.11. The summed E-state index contributed by atoms with van der Waals surface area (Å²) in [6, 6.07) is 6.06. The van der Waals surface area contributed by atoms with Crippen LogP contribution in [0.15, 0.2) is 18.2 Å². The second-order valence-electron chi connectivity index (χ2n) is 2.87. The monoisotopic (exact) mass is 164 g/mol. The molecule has 0 unspecified atom stereocenters. The highest BCUT2D eigenvalue weighted by Gasteiger charge is 1.97. The highest BCUT2D eigenvalue weighted by Crippen LogP contribution is 2.18. The number of benzene rings is 1. The predicted octanol–water partition coefficient (Wildman–Crippen LogP) is 1.97. The second-order valence-corrected chi connectivity index (χ2v) is 2.87. The maximum absolute atomic E-state index is 6.94. The molecule has 2 nitrogen and oxygen atoms in total. The molecule has 65 valence electrons. The van der Waals surface area contributed by atoms with Crippen molar-refractivity contribution >= 4 is 0 Å². The third-order valence-electron chi connectivity index (χ3n) is 1.69. The van der Waals surface area contributed by atoms with E-state index in [9.17, 15) is 0 Å². The summed E-state index contributed by atoms with van der Waals surface area (Å²) in [6.45, 7) is 4.87. The highest BCUT2D eigenvalue weighted by atomic mass is 16.5. The molecular formula is C10H14NO. The van der Waals surface area contributed by atoms with Gasteiger partial charge in [0.25, 0.3) is 0 Å². The molecule has 1 N–H and O–H groups in total. The number of aryl methyl sites for hydroxylation is 2. The van der Waals surface area contributed by atoms with Crippen LogP contribution < -0.4 is 10.5 Å². The predicted molar refractivity (Wildman–Crippen MR) is 49.4 cm³/mol. The summed E-state index contributed by atoms with van der Waals surface area (Å²) in [6.07, 6.45) is 0. The van der Waals surface area contributed by atoms with E-state index >= 15 is 0 Å². The molecule has 1 aromatic rings. The van der Waals surface area contributed by atoms with Crippen LogP contribution in [0.5, 0.6) is 5.75 Å². The van der Waals surface area contributed by atoms with E-state index in [0.717, 1.165) is 11.3 Å². The number of hydrogen-bond acceptors (Lipinski definition) is 1. The van der Waals surface area contributed by atoms with Crippen molar-refractivity contribution in [2.45, 2.75) is 13.8 Å². The lowest BCUT2D eigenvalue weighted by atomic mass is 10.1. The minimum absolute atomic E-state index is 0.313. The Balaban J connectivity index is 2.72. The van der Waals surface area contributed by atoms with Crippen molar-refractivity contribution in [2.24, 2.45) is 0 Å². The van der Waals surface area contributed by atoms with Gasteiger partial charge in [-0.15, -0.1) is 0 Å². The van der Waals surface area contributed by atoms with Gasteiger partial charge in [-0.25, -0.2) is 0 Å².